The summed E-state index contributed by atoms with van der Waals surface area (Å²) >= 11 is 0. The Morgan fingerprint density at radius 3 is 2.85 bits per heavy atom. The standard InChI is InChI=1S/C9H13N3O/c10-8-5-6-11-9(12-8)13-7-3-1-2-4-7/h5-7H,1-4H2,(H2,10,11,12). The molecule has 1 aliphatic carbocycles. The van der Waals surface area contributed by atoms with Crippen LogP contribution in [-0.4, -0.2) is 16.1 Å². The van der Waals surface area contributed by atoms with E-state index in [1.807, 2.05) is 0 Å². The molecule has 0 aromatic carbocycles. The molecule has 0 bridgehead atoms. The summed E-state index contributed by atoms with van der Waals surface area (Å²) in [5, 5.41) is 0. The number of hydrogen-bond donors (Lipinski definition) is 1. The van der Waals surface area contributed by atoms with E-state index in [-0.39, 0.29) is 0 Å². The number of nitrogen functional groups attached to an aromatic ring is 1. The first-order chi connectivity index (χ1) is 6.34. The Morgan fingerprint density at radius 2 is 2.15 bits per heavy atom. The van der Waals surface area contributed by atoms with E-state index in [4.69, 9.17) is 10.5 Å². The molecule has 1 saturated carbocycles. The van der Waals surface area contributed by atoms with Crippen LogP contribution < -0.4 is 10.5 Å². The maximum Gasteiger partial charge on any atom is 0.318 e. The van der Waals surface area contributed by atoms with Gasteiger partial charge in [0.1, 0.15) is 11.9 Å². The molecule has 2 N–H and O–H groups in total. The number of nitrogens with two attached hydrogens (primary N) is 1. The molecule has 0 amide bonds. The fraction of sp³-hybridized carbons (Fsp3) is 0.556. The third-order valence-electron chi connectivity index (χ3n) is 2.23. The summed E-state index contributed by atoms with van der Waals surface area (Å²) in [6, 6.07) is 2.06. The van der Waals surface area contributed by atoms with Gasteiger partial charge in [0.2, 0.25) is 0 Å². The first kappa shape index (κ1) is 8.29. The predicted molar refractivity (Wildman–Crippen MR) is 49.3 cm³/mol. The van der Waals surface area contributed by atoms with Crippen molar-refractivity contribution in [3.05, 3.63) is 12.3 Å². The van der Waals surface area contributed by atoms with Gasteiger partial charge in [0.15, 0.2) is 0 Å². The fourth-order valence-electron chi connectivity index (χ4n) is 1.57. The minimum atomic E-state index is 0.293. The lowest BCUT2D eigenvalue weighted by Crippen LogP contribution is -2.13. The molecule has 1 fully saturated rings. The van der Waals surface area contributed by atoms with Crippen LogP contribution in [0.15, 0.2) is 12.3 Å². The molecule has 0 aliphatic heterocycles. The van der Waals surface area contributed by atoms with E-state index < -0.39 is 0 Å². The van der Waals surface area contributed by atoms with Crippen molar-refractivity contribution >= 4 is 5.82 Å². The van der Waals surface area contributed by atoms with Gasteiger partial charge in [-0.05, 0) is 31.7 Å². The van der Waals surface area contributed by atoms with E-state index in [0.29, 0.717) is 17.9 Å². The number of aromatic nitrogens is 2. The average Bonchev–Trinajstić information content (AvgIpc) is 2.57. The highest BCUT2D eigenvalue weighted by Gasteiger charge is 2.17. The Morgan fingerprint density at radius 1 is 1.38 bits per heavy atom. The number of nitrogens with zero attached hydrogens (tertiary/aromatic N) is 2. The van der Waals surface area contributed by atoms with Gasteiger partial charge in [-0.25, -0.2) is 4.98 Å². The number of anilines is 1. The van der Waals surface area contributed by atoms with Crippen LogP contribution in [0.5, 0.6) is 6.01 Å². The van der Waals surface area contributed by atoms with Gasteiger partial charge in [-0.2, -0.15) is 4.98 Å². The normalized spacial score (nSPS) is 17.5. The SMILES string of the molecule is Nc1ccnc(OC2CCCC2)n1. The molecule has 70 valence electrons. The van der Waals surface area contributed by atoms with E-state index in [9.17, 15) is 0 Å². The van der Waals surface area contributed by atoms with E-state index in [1.165, 1.54) is 12.8 Å². The molecule has 0 radical (unpaired) electrons. The highest BCUT2D eigenvalue weighted by atomic mass is 16.5. The van der Waals surface area contributed by atoms with Crippen LogP contribution in [-0.2, 0) is 0 Å². The van der Waals surface area contributed by atoms with E-state index >= 15 is 0 Å². The predicted octanol–water partition coefficient (Wildman–Crippen LogP) is 1.38. The summed E-state index contributed by atoms with van der Waals surface area (Å²) in [6.07, 6.45) is 6.62. The van der Waals surface area contributed by atoms with Crippen LogP contribution >= 0.6 is 0 Å². The lowest BCUT2D eigenvalue weighted by atomic mass is 10.3. The number of hydrogen-bond acceptors (Lipinski definition) is 4. The van der Waals surface area contributed by atoms with Gasteiger partial charge in [0, 0.05) is 6.20 Å². The molecule has 4 heteroatoms. The Kier molecular flexibility index (Phi) is 2.29. The second kappa shape index (κ2) is 3.60. The van der Waals surface area contributed by atoms with Crippen molar-refractivity contribution in [1.29, 1.82) is 0 Å². The molecule has 4 nitrogen and oxygen atoms in total. The van der Waals surface area contributed by atoms with E-state index in [1.54, 1.807) is 12.3 Å². The van der Waals surface area contributed by atoms with Gasteiger partial charge in [0.25, 0.3) is 0 Å². The van der Waals surface area contributed by atoms with Gasteiger partial charge in [0.05, 0.1) is 0 Å². The molecule has 2 rings (SSSR count). The maximum atomic E-state index is 5.55. The fourth-order valence-corrected chi connectivity index (χ4v) is 1.57. The molecule has 0 unspecified atom stereocenters. The highest BCUT2D eigenvalue weighted by molar-refractivity contribution is 5.26. The van der Waals surface area contributed by atoms with Crippen molar-refractivity contribution in [3.63, 3.8) is 0 Å². The lowest BCUT2D eigenvalue weighted by molar-refractivity contribution is 0.192. The molecule has 1 aromatic rings. The maximum absolute atomic E-state index is 5.55. The Hall–Kier alpha value is -1.32. The number of ether oxygens (including phenoxy) is 1. The Bertz CT molecular complexity index is 284. The lowest BCUT2D eigenvalue weighted by Gasteiger charge is -2.10. The minimum Gasteiger partial charge on any atom is -0.460 e. The second-order valence-corrected chi connectivity index (χ2v) is 3.29. The van der Waals surface area contributed by atoms with Crippen molar-refractivity contribution in [2.75, 3.05) is 5.73 Å². The summed E-state index contributed by atoms with van der Waals surface area (Å²) in [7, 11) is 0. The molecule has 13 heavy (non-hydrogen) atoms. The molecule has 1 heterocycles. The van der Waals surface area contributed by atoms with Crippen molar-refractivity contribution in [2.24, 2.45) is 0 Å². The van der Waals surface area contributed by atoms with Crippen LogP contribution in [0.3, 0.4) is 0 Å². The first-order valence-corrected chi connectivity index (χ1v) is 4.60. The van der Waals surface area contributed by atoms with Crippen LogP contribution in [0.25, 0.3) is 0 Å². The van der Waals surface area contributed by atoms with Crippen molar-refractivity contribution in [1.82, 2.24) is 9.97 Å². The molecular formula is C9H13N3O. The molecule has 1 aliphatic rings. The summed E-state index contributed by atoms with van der Waals surface area (Å²) in [4.78, 5) is 7.97. The van der Waals surface area contributed by atoms with Crippen molar-refractivity contribution in [2.45, 2.75) is 31.8 Å². The zero-order valence-electron chi connectivity index (χ0n) is 7.44. The summed E-state index contributed by atoms with van der Waals surface area (Å²) in [5.41, 5.74) is 5.50. The topological polar surface area (TPSA) is 61.0 Å². The zero-order chi connectivity index (χ0) is 9.10. The average molecular weight is 179 g/mol. The molecular weight excluding hydrogens is 166 g/mol. The quantitative estimate of drug-likeness (QED) is 0.745. The van der Waals surface area contributed by atoms with Gasteiger partial charge in [-0.3, -0.25) is 0 Å². The molecule has 1 aromatic heterocycles. The summed E-state index contributed by atoms with van der Waals surface area (Å²) in [6.45, 7) is 0. The van der Waals surface area contributed by atoms with E-state index in [0.717, 1.165) is 12.8 Å². The highest BCUT2D eigenvalue weighted by Crippen LogP contribution is 2.21. The molecule has 0 atom stereocenters. The minimum absolute atomic E-state index is 0.293. The second-order valence-electron chi connectivity index (χ2n) is 3.29. The molecule has 0 spiro atoms. The zero-order valence-corrected chi connectivity index (χ0v) is 7.44. The van der Waals surface area contributed by atoms with Crippen molar-refractivity contribution in [3.8, 4) is 6.01 Å². The largest absolute Gasteiger partial charge is 0.460 e. The monoisotopic (exact) mass is 179 g/mol. The van der Waals surface area contributed by atoms with Gasteiger partial charge < -0.3 is 10.5 Å². The third-order valence-corrected chi connectivity index (χ3v) is 2.23. The third kappa shape index (κ3) is 2.08. The summed E-state index contributed by atoms with van der Waals surface area (Å²) < 4.78 is 5.55. The van der Waals surface area contributed by atoms with Crippen molar-refractivity contribution < 1.29 is 4.74 Å². The van der Waals surface area contributed by atoms with Gasteiger partial charge in [-0.1, -0.05) is 0 Å². The van der Waals surface area contributed by atoms with Crippen LogP contribution in [0.1, 0.15) is 25.7 Å². The van der Waals surface area contributed by atoms with Gasteiger partial charge in [-0.15, -0.1) is 0 Å². The van der Waals surface area contributed by atoms with Crippen LogP contribution in [0.2, 0.25) is 0 Å². The number of rotatable bonds is 2. The van der Waals surface area contributed by atoms with Crippen LogP contribution in [0, 0.1) is 0 Å². The van der Waals surface area contributed by atoms with E-state index in [2.05, 4.69) is 9.97 Å². The Labute approximate surface area is 77.1 Å². The Balaban J connectivity index is 2.00. The smallest absolute Gasteiger partial charge is 0.318 e. The summed E-state index contributed by atoms with van der Waals surface area (Å²) in [5.74, 6) is 0.461. The van der Waals surface area contributed by atoms with Crippen LogP contribution in [0.4, 0.5) is 5.82 Å². The van der Waals surface area contributed by atoms with Gasteiger partial charge >= 0.3 is 6.01 Å². The first-order valence-electron chi connectivity index (χ1n) is 4.60. The molecule has 0 saturated heterocycles.